The molecule has 0 aliphatic rings. The number of furan rings is 1. The minimum atomic E-state index is 1.11. The van der Waals surface area contributed by atoms with E-state index in [9.17, 15) is 0 Å². The average molecular weight is 361 g/mol. The fourth-order valence-electron chi connectivity index (χ4n) is 3.69. The van der Waals surface area contributed by atoms with Crippen molar-refractivity contribution in [1.82, 2.24) is 0 Å². The van der Waals surface area contributed by atoms with Crippen LogP contribution in [0.4, 0.5) is 0 Å². The molecule has 0 N–H and O–H groups in total. The number of hydrogen-bond donors (Lipinski definition) is 0. The predicted molar refractivity (Wildman–Crippen MR) is 116 cm³/mol. The van der Waals surface area contributed by atoms with Crippen molar-refractivity contribution in [2.75, 3.05) is 0 Å². The first-order chi connectivity index (χ1) is 12.9. The summed E-state index contributed by atoms with van der Waals surface area (Å²) >= 11 is 0. The SMILES string of the molecule is C=CCCCCCCCCCCCCCCCCCCCc1ccco1. The lowest BCUT2D eigenvalue weighted by Crippen LogP contribution is -1.85. The van der Waals surface area contributed by atoms with Crippen LogP contribution in [0.25, 0.3) is 0 Å². The van der Waals surface area contributed by atoms with Crippen molar-refractivity contribution in [2.45, 2.75) is 122 Å². The summed E-state index contributed by atoms with van der Waals surface area (Å²) in [6.07, 6.45) is 30.3. The summed E-state index contributed by atoms with van der Waals surface area (Å²) < 4.78 is 5.37. The average Bonchev–Trinajstić information content (AvgIpc) is 3.17. The van der Waals surface area contributed by atoms with Crippen molar-refractivity contribution in [3.8, 4) is 0 Å². The molecule has 1 aromatic heterocycles. The summed E-state index contributed by atoms with van der Waals surface area (Å²) in [4.78, 5) is 0. The minimum Gasteiger partial charge on any atom is -0.469 e. The van der Waals surface area contributed by atoms with Crippen molar-refractivity contribution >= 4 is 0 Å². The molecule has 0 radical (unpaired) electrons. The smallest absolute Gasteiger partial charge is 0.103 e. The molecule has 0 unspecified atom stereocenters. The Morgan fingerprint density at radius 3 is 1.42 bits per heavy atom. The Bertz CT molecular complexity index is 379. The Labute approximate surface area is 163 Å². The molecule has 0 saturated heterocycles. The molecule has 0 saturated carbocycles. The number of unbranched alkanes of at least 4 members (excludes halogenated alkanes) is 17. The Kier molecular flexibility index (Phi) is 16.7. The first kappa shape index (κ1) is 23.1. The summed E-state index contributed by atoms with van der Waals surface area (Å²) in [6, 6.07) is 4.08. The summed E-state index contributed by atoms with van der Waals surface area (Å²) in [7, 11) is 0. The van der Waals surface area contributed by atoms with Crippen molar-refractivity contribution < 1.29 is 4.42 Å². The van der Waals surface area contributed by atoms with E-state index in [0.717, 1.165) is 12.2 Å². The maximum absolute atomic E-state index is 5.37. The van der Waals surface area contributed by atoms with Gasteiger partial charge in [-0.15, -0.1) is 6.58 Å². The molecule has 0 aliphatic heterocycles. The van der Waals surface area contributed by atoms with Crippen molar-refractivity contribution in [1.29, 1.82) is 0 Å². The third kappa shape index (κ3) is 15.3. The molecular formula is C25H44O. The third-order valence-electron chi connectivity index (χ3n) is 5.41. The normalized spacial score (nSPS) is 11.1. The van der Waals surface area contributed by atoms with Gasteiger partial charge in [-0.25, -0.2) is 0 Å². The van der Waals surface area contributed by atoms with Gasteiger partial charge in [0, 0.05) is 6.42 Å². The molecule has 0 amide bonds. The Morgan fingerprint density at radius 2 is 1.04 bits per heavy atom. The quantitative estimate of drug-likeness (QED) is 0.167. The van der Waals surface area contributed by atoms with E-state index in [2.05, 4.69) is 12.6 Å². The van der Waals surface area contributed by atoms with E-state index in [1.165, 1.54) is 116 Å². The van der Waals surface area contributed by atoms with Gasteiger partial charge in [0.2, 0.25) is 0 Å². The standard InChI is InChI=1S/C25H44O/c1-2-3-4-5-6-7-8-9-10-11-12-13-14-15-16-17-18-19-20-22-25-23-21-24-26-25/h2,21,23-24H,1,3-20,22H2. The van der Waals surface area contributed by atoms with Gasteiger partial charge in [-0.2, -0.15) is 0 Å². The van der Waals surface area contributed by atoms with Gasteiger partial charge in [-0.05, 0) is 31.4 Å². The number of aryl methyl sites for hydroxylation is 1. The van der Waals surface area contributed by atoms with Crippen LogP contribution >= 0.6 is 0 Å². The van der Waals surface area contributed by atoms with E-state index < -0.39 is 0 Å². The summed E-state index contributed by atoms with van der Waals surface area (Å²) in [5.74, 6) is 1.15. The van der Waals surface area contributed by atoms with E-state index in [0.29, 0.717) is 0 Å². The fraction of sp³-hybridized carbons (Fsp3) is 0.760. The second kappa shape index (κ2) is 18.8. The third-order valence-corrected chi connectivity index (χ3v) is 5.41. The number of hydrogen-bond acceptors (Lipinski definition) is 1. The summed E-state index contributed by atoms with van der Waals surface area (Å²) in [6.45, 7) is 3.78. The molecule has 1 heteroatoms. The van der Waals surface area contributed by atoms with Crippen LogP contribution in [0.3, 0.4) is 0 Å². The van der Waals surface area contributed by atoms with E-state index >= 15 is 0 Å². The molecule has 0 spiro atoms. The van der Waals surface area contributed by atoms with Crippen LogP contribution in [0.5, 0.6) is 0 Å². The zero-order valence-electron chi connectivity index (χ0n) is 17.4. The second-order valence-corrected chi connectivity index (χ2v) is 7.92. The van der Waals surface area contributed by atoms with Crippen LogP contribution < -0.4 is 0 Å². The second-order valence-electron chi connectivity index (χ2n) is 7.92. The molecule has 1 rings (SSSR count). The van der Waals surface area contributed by atoms with Crippen LogP contribution in [-0.2, 0) is 6.42 Å². The van der Waals surface area contributed by atoms with Crippen LogP contribution in [0.15, 0.2) is 35.5 Å². The summed E-state index contributed by atoms with van der Waals surface area (Å²) in [5, 5.41) is 0. The lowest BCUT2D eigenvalue weighted by Gasteiger charge is -2.03. The maximum atomic E-state index is 5.37. The van der Waals surface area contributed by atoms with Gasteiger partial charge < -0.3 is 4.42 Å². The van der Waals surface area contributed by atoms with Crippen molar-refractivity contribution in [2.24, 2.45) is 0 Å². The maximum Gasteiger partial charge on any atom is 0.103 e. The summed E-state index contributed by atoms with van der Waals surface area (Å²) in [5.41, 5.74) is 0. The highest BCUT2D eigenvalue weighted by Gasteiger charge is 1.97. The number of allylic oxidation sites excluding steroid dienone is 1. The largest absolute Gasteiger partial charge is 0.469 e. The monoisotopic (exact) mass is 360 g/mol. The Morgan fingerprint density at radius 1 is 0.615 bits per heavy atom. The highest BCUT2D eigenvalue weighted by molar-refractivity contribution is 4.97. The van der Waals surface area contributed by atoms with Crippen LogP contribution in [-0.4, -0.2) is 0 Å². The van der Waals surface area contributed by atoms with E-state index in [-0.39, 0.29) is 0 Å². The molecule has 0 fully saturated rings. The zero-order chi connectivity index (χ0) is 18.5. The molecule has 0 aromatic carbocycles. The van der Waals surface area contributed by atoms with Gasteiger partial charge in [0.1, 0.15) is 5.76 Å². The van der Waals surface area contributed by atoms with Gasteiger partial charge in [-0.3, -0.25) is 0 Å². The topological polar surface area (TPSA) is 13.1 Å². The fourth-order valence-corrected chi connectivity index (χ4v) is 3.69. The van der Waals surface area contributed by atoms with Crippen molar-refractivity contribution in [3.05, 3.63) is 36.8 Å². The highest BCUT2D eigenvalue weighted by atomic mass is 16.3. The zero-order valence-corrected chi connectivity index (χ0v) is 17.4. The lowest BCUT2D eigenvalue weighted by molar-refractivity contribution is 0.488. The van der Waals surface area contributed by atoms with E-state index in [4.69, 9.17) is 4.42 Å². The Hall–Kier alpha value is -0.980. The molecule has 150 valence electrons. The Balaban J connectivity index is 1.65. The molecule has 0 bridgehead atoms. The number of rotatable bonds is 20. The van der Waals surface area contributed by atoms with Gasteiger partial charge in [0.15, 0.2) is 0 Å². The van der Waals surface area contributed by atoms with Gasteiger partial charge >= 0.3 is 0 Å². The van der Waals surface area contributed by atoms with Crippen LogP contribution in [0, 0.1) is 0 Å². The predicted octanol–water partition coefficient (Wildman–Crippen LogP) is 9.03. The molecule has 1 aromatic rings. The molecule has 1 heterocycles. The van der Waals surface area contributed by atoms with E-state index in [1.54, 1.807) is 6.26 Å². The van der Waals surface area contributed by atoms with E-state index in [1.807, 2.05) is 12.1 Å². The van der Waals surface area contributed by atoms with Crippen LogP contribution in [0.2, 0.25) is 0 Å². The van der Waals surface area contributed by atoms with Gasteiger partial charge in [-0.1, -0.05) is 102 Å². The molecule has 26 heavy (non-hydrogen) atoms. The molecular weight excluding hydrogens is 316 g/mol. The first-order valence-electron chi connectivity index (χ1n) is 11.6. The first-order valence-corrected chi connectivity index (χ1v) is 11.6. The van der Waals surface area contributed by atoms with Crippen molar-refractivity contribution in [3.63, 3.8) is 0 Å². The lowest BCUT2D eigenvalue weighted by atomic mass is 10.0. The minimum absolute atomic E-state index is 1.11. The molecule has 0 aliphatic carbocycles. The molecule has 0 atom stereocenters. The van der Waals surface area contributed by atoms with Crippen LogP contribution in [0.1, 0.15) is 121 Å². The van der Waals surface area contributed by atoms with Gasteiger partial charge in [0.05, 0.1) is 6.26 Å². The highest BCUT2D eigenvalue weighted by Crippen LogP contribution is 2.15. The molecule has 1 nitrogen and oxygen atoms in total. The van der Waals surface area contributed by atoms with Gasteiger partial charge in [0.25, 0.3) is 0 Å².